The summed E-state index contributed by atoms with van der Waals surface area (Å²) in [5, 5.41) is 0. The van der Waals surface area contributed by atoms with Crippen LogP contribution in [-0.4, -0.2) is 18.6 Å². The van der Waals surface area contributed by atoms with E-state index in [4.69, 9.17) is 16.3 Å². The molecule has 0 amide bonds. The molecule has 80 valence electrons. The van der Waals surface area contributed by atoms with Crippen LogP contribution in [0.4, 0.5) is 0 Å². The molecule has 0 radical (unpaired) electrons. The second-order valence-corrected chi connectivity index (χ2v) is 4.15. The highest BCUT2D eigenvalue weighted by atomic mass is 35.5. The minimum absolute atomic E-state index is 0.267. The van der Waals surface area contributed by atoms with E-state index in [0.29, 0.717) is 5.92 Å². The Morgan fingerprint density at radius 1 is 1.71 bits per heavy atom. The first-order chi connectivity index (χ1) is 6.79. The van der Waals surface area contributed by atoms with E-state index in [9.17, 15) is 0 Å². The van der Waals surface area contributed by atoms with Crippen LogP contribution in [0.1, 0.15) is 26.2 Å². The van der Waals surface area contributed by atoms with Gasteiger partial charge in [-0.15, -0.1) is 18.2 Å². The molecule has 1 aliphatic heterocycles. The molecule has 0 N–H and O–H groups in total. The summed E-state index contributed by atoms with van der Waals surface area (Å²) in [6.45, 7) is 6.72. The number of rotatable bonds is 6. The predicted molar refractivity (Wildman–Crippen MR) is 61.8 cm³/mol. The molecule has 0 fully saturated rings. The number of halogens is 1. The van der Waals surface area contributed by atoms with E-state index in [0.717, 1.165) is 25.3 Å². The Balaban J connectivity index is 2.38. The van der Waals surface area contributed by atoms with Crippen LogP contribution in [0.15, 0.2) is 24.3 Å². The Morgan fingerprint density at radius 2 is 2.50 bits per heavy atom. The maximum Gasteiger partial charge on any atom is 0.0849 e. The van der Waals surface area contributed by atoms with Crippen LogP contribution in [0.2, 0.25) is 0 Å². The molecule has 0 aliphatic carbocycles. The fourth-order valence-electron chi connectivity index (χ4n) is 1.76. The van der Waals surface area contributed by atoms with Gasteiger partial charge in [0.15, 0.2) is 0 Å². The lowest BCUT2D eigenvalue weighted by atomic mass is 9.95. The van der Waals surface area contributed by atoms with Gasteiger partial charge >= 0.3 is 0 Å². The monoisotopic (exact) mass is 214 g/mol. The van der Waals surface area contributed by atoms with E-state index >= 15 is 0 Å². The molecule has 0 aromatic heterocycles. The summed E-state index contributed by atoms with van der Waals surface area (Å²) in [5.74, 6) is 1.18. The van der Waals surface area contributed by atoms with Crippen molar-refractivity contribution in [3.05, 3.63) is 24.3 Å². The SMILES string of the molecule is C=C[C@H](C)C1OCC=C1CCCCCl. The summed E-state index contributed by atoms with van der Waals surface area (Å²) in [5.41, 5.74) is 1.43. The van der Waals surface area contributed by atoms with Gasteiger partial charge in [0.25, 0.3) is 0 Å². The molecule has 1 heterocycles. The zero-order valence-electron chi connectivity index (χ0n) is 8.84. The van der Waals surface area contributed by atoms with Gasteiger partial charge in [0.1, 0.15) is 0 Å². The van der Waals surface area contributed by atoms with Crippen LogP contribution >= 0.6 is 11.6 Å². The third kappa shape index (κ3) is 3.14. The largest absolute Gasteiger partial charge is 0.369 e. The highest BCUT2D eigenvalue weighted by molar-refractivity contribution is 6.17. The summed E-state index contributed by atoms with van der Waals surface area (Å²) in [6, 6.07) is 0. The first-order valence-electron chi connectivity index (χ1n) is 5.28. The van der Waals surface area contributed by atoms with Gasteiger partial charge in [-0.1, -0.05) is 19.1 Å². The molecular weight excluding hydrogens is 196 g/mol. The molecule has 0 saturated carbocycles. The Bertz CT molecular complexity index is 210. The van der Waals surface area contributed by atoms with E-state index in [2.05, 4.69) is 19.6 Å². The quantitative estimate of drug-likeness (QED) is 0.373. The molecular formula is C12H19ClO. The van der Waals surface area contributed by atoms with Gasteiger partial charge in [0, 0.05) is 11.8 Å². The number of hydrogen-bond acceptors (Lipinski definition) is 1. The average Bonchev–Trinajstić information content (AvgIpc) is 2.65. The summed E-state index contributed by atoms with van der Waals surface area (Å²) in [4.78, 5) is 0. The first-order valence-corrected chi connectivity index (χ1v) is 5.82. The van der Waals surface area contributed by atoms with Gasteiger partial charge in [0.05, 0.1) is 12.7 Å². The fraction of sp³-hybridized carbons (Fsp3) is 0.667. The topological polar surface area (TPSA) is 9.23 Å². The van der Waals surface area contributed by atoms with Gasteiger partial charge in [0.2, 0.25) is 0 Å². The highest BCUT2D eigenvalue weighted by Crippen LogP contribution is 2.26. The number of hydrogen-bond donors (Lipinski definition) is 0. The Labute approximate surface area is 91.8 Å². The molecule has 1 unspecified atom stereocenters. The molecule has 0 spiro atoms. The first kappa shape index (κ1) is 11.8. The molecule has 0 aromatic carbocycles. The van der Waals surface area contributed by atoms with Gasteiger partial charge in [-0.25, -0.2) is 0 Å². The van der Waals surface area contributed by atoms with E-state index in [1.54, 1.807) is 0 Å². The summed E-state index contributed by atoms with van der Waals surface area (Å²) >= 11 is 5.65. The summed E-state index contributed by atoms with van der Waals surface area (Å²) < 4.78 is 5.65. The standard InChI is InChI=1S/C12H19ClO/c1-3-10(2)12-11(7-9-14-12)6-4-5-8-13/h3,7,10,12H,1,4-6,8-9H2,2H3/t10-,12?/m0/s1. The van der Waals surface area contributed by atoms with Crippen molar-refractivity contribution in [1.29, 1.82) is 0 Å². The normalized spacial score (nSPS) is 23.3. The lowest BCUT2D eigenvalue weighted by molar-refractivity contribution is 0.0939. The maximum atomic E-state index is 5.65. The molecule has 1 rings (SSSR count). The van der Waals surface area contributed by atoms with Gasteiger partial charge in [-0.3, -0.25) is 0 Å². The number of alkyl halides is 1. The van der Waals surface area contributed by atoms with Crippen molar-refractivity contribution < 1.29 is 4.74 Å². The smallest absolute Gasteiger partial charge is 0.0849 e. The third-order valence-corrected chi connectivity index (χ3v) is 2.95. The fourth-order valence-corrected chi connectivity index (χ4v) is 1.95. The van der Waals surface area contributed by atoms with E-state index in [1.165, 1.54) is 12.0 Å². The lowest BCUT2D eigenvalue weighted by Crippen LogP contribution is -2.18. The zero-order chi connectivity index (χ0) is 10.4. The number of ether oxygens (including phenoxy) is 1. The summed E-state index contributed by atoms with van der Waals surface area (Å²) in [7, 11) is 0. The Morgan fingerprint density at radius 3 is 3.14 bits per heavy atom. The zero-order valence-corrected chi connectivity index (χ0v) is 9.59. The van der Waals surface area contributed by atoms with Crippen LogP contribution in [0.5, 0.6) is 0 Å². The molecule has 1 nitrogen and oxygen atoms in total. The van der Waals surface area contributed by atoms with E-state index in [1.807, 2.05) is 6.08 Å². The molecule has 0 aromatic rings. The van der Waals surface area contributed by atoms with Gasteiger partial charge in [-0.05, 0) is 24.8 Å². The van der Waals surface area contributed by atoms with Crippen LogP contribution in [0.25, 0.3) is 0 Å². The van der Waals surface area contributed by atoms with Crippen molar-refractivity contribution in [3.63, 3.8) is 0 Å². The van der Waals surface area contributed by atoms with Crippen LogP contribution in [0, 0.1) is 5.92 Å². The van der Waals surface area contributed by atoms with Crippen molar-refractivity contribution >= 4 is 11.6 Å². The lowest BCUT2D eigenvalue weighted by Gasteiger charge is -2.19. The highest BCUT2D eigenvalue weighted by Gasteiger charge is 2.23. The number of unbranched alkanes of at least 4 members (excludes halogenated alkanes) is 1. The molecule has 2 heteroatoms. The Hall–Kier alpha value is -0.270. The molecule has 0 saturated heterocycles. The van der Waals surface area contributed by atoms with Crippen molar-refractivity contribution in [2.24, 2.45) is 5.92 Å². The second kappa shape index (κ2) is 6.26. The molecule has 1 aliphatic rings. The van der Waals surface area contributed by atoms with Crippen LogP contribution in [0.3, 0.4) is 0 Å². The predicted octanol–water partition coefficient (Wildman–Crippen LogP) is 3.54. The van der Waals surface area contributed by atoms with Crippen LogP contribution < -0.4 is 0 Å². The van der Waals surface area contributed by atoms with Crippen molar-refractivity contribution in [2.45, 2.75) is 32.3 Å². The molecule has 2 atom stereocenters. The molecule has 14 heavy (non-hydrogen) atoms. The van der Waals surface area contributed by atoms with Crippen LogP contribution in [-0.2, 0) is 4.74 Å². The van der Waals surface area contributed by atoms with Gasteiger partial charge in [-0.2, -0.15) is 0 Å². The Kier molecular flexibility index (Phi) is 5.28. The second-order valence-electron chi connectivity index (χ2n) is 3.77. The van der Waals surface area contributed by atoms with Crippen molar-refractivity contribution in [2.75, 3.05) is 12.5 Å². The molecule has 0 bridgehead atoms. The average molecular weight is 215 g/mol. The van der Waals surface area contributed by atoms with Crippen molar-refractivity contribution in [3.8, 4) is 0 Å². The van der Waals surface area contributed by atoms with Crippen molar-refractivity contribution in [1.82, 2.24) is 0 Å². The van der Waals surface area contributed by atoms with E-state index < -0.39 is 0 Å². The minimum atomic E-state index is 0.267. The van der Waals surface area contributed by atoms with Gasteiger partial charge < -0.3 is 4.74 Å². The van der Waals surface area contributed by atoms with E-state index in [-0.39, 0.29) is 6.10 Å². The summed E-state index contributed by atoms with van der Waals surface area (Å²) in [6.07, 6.45) is 7.82. The minimum Gasteiger partial charge on any atom is -0.369 e. The third-order valence-electron chi connectivity index (χ3n) is 2.69. The maximum absolute atomic E-state index is 5.65.